The quantitative estimate of drug-likeness (QED) is 0.171. The molecule has 3 aliphatic carbocycles. The standard InChI is InChI=1S/C72H44N2/c1-2-20-45(21-3-1)48-23-9-15-36-64(48)73(47-41-42-55-63(44-47)71(61-43-40-46-22-4-5-24-49(46)68(55)61)56-30-11-6-25-50(56)51-26-7-12-31-57(51)71)67-39-19-34-60-69(67)54-28-8-13-32-58(54)72(60)59-33-14-17-38-66(59)74-65-37-16-10-27-52(65)53-29-18-35-62(72)70(53)74/h1-44H. The minimum atomic E-state index is -0.602. The van der Waals surface area contributed by atoms with Crippen LogP contribution in [0.3, 0.4) is 0 Å². The van der Waals surface area contributed by atoms with Crippen molar-refractivity contribution in [2.24, 2.45) is 0 Å². The van der Waals surface area contributed by atoms with E-state index in [2.05, 4.69) is 276 Å². The van der Waals surface area contributed by atoms with Crippen LogP contribution in [0.15, 0.2) is 267 Å². The summed E-state index contributed by atoms with van der Waals surface area (Å²) in [5, 5.41) is 5.10. The largest absolute Gasteiger partial charge is 0.309 e. The van der Waals surface area contributed by atoms with Crippen molar-refractivity contribution in [2.75, 3.05) is 4.90 Å². The molecule has 1 unspecified atom stereocenters. The van der Waals surface area contributed by atoms with E-state index in [-0.39, 0.29) is 0 Å². The predicted molar refractivity (Wildman–Crippen MR) is 306 cm³/mol. The summed E-state index contributed by atoms with van der Waals surface area (Å²) < 4.78 is 2.54. The van der Waals surface area contributed by atoms with Crippen molar-refractivity contribution in [3.05, 3.63) is 311 Å². The number of rotatable bonds is 4. The minimum absolute atomic E-state index is 0.541. The molecule has 1 atom stereocenters. The molecule has 12 aromatic carbocycles. The number of fused-ring (bicyclic) bond motifs is 24. The Morgan fingerprint density at radius 2 is 0.838 bits per heavy atom. The molecule has 0 saturated heterocycles. The Balaban J connectivity index is 0.998. The summed E-state index contributed by atoms with van der Waals surface area (Å²) in [6.07, 6.45) is 0. The molecule has 0 radical (unpaired) electrons. The van der Waals surface area contributed by atoms with Gasteiger partial charge in [0.1, 0.15) is 0 Å². The summed E-state index contributed by atoms with van der Waals surface area (Å²) in [6.45, 7) is 0. The SMILES string of the molecule is c1ccc(-c2ccccc2N(c2ccc3c(c2)C2(c4ccccc4-c4ccccc42)c2ccc4ccccc4c2-3)c2cccc3c2-c2ccccc2C32c3ccccc3-n3c4ccccc4c4cccc2c43)cc1. The molecular formula is C72H44N2. The summed E-state index contributed by atoms with van der Waals surface area (Å²) >= 11 is 0. The molecule has 2 heterocycles. The van der Waals surface area contributed by atoms with Crippen LogP contribution in [0.1, 0.15) is 44.5 Å². The lowest BCUT2D eigenvalue weighted by molar-refractivity contribution is 0.748. The molecule has 1 aromatic heterocycles. The van der Waals surface area contributed by atoms with Crippen molar-refractivity contribution in [3.63, 3.8) is 0 Å². The van der Waals surface area contributed by atoms with Crippen molar-refractivity contribution in [2.45, 2.75) is 10.8 Å². The first-order chi connectivity index (χ1) is 36.8. The number of para-hydroxylation sites is 4. The zero-order valence-electron chi connectivity index (χ0n) is 40.3. The summed E-state index contributed by atoms with van der Waals surface area (Å²) in [7, 11) is 0. The van der Waals surface area contributed by atoms with Crippen LogP contribution in [0.25, 0.3) is 82.8 Å². The molecule has 2 heteroatoms. The number of aromatic nitrogens is 1. The monoisotopic (exact) mass is 936 g/mol. The Bertz CT molecular complexity index is 4530. The van der Waals surface area contributed by atoms with Gasteiger partial charge >= 0.3 is 0 Å². The van der Waals surface area contributed by atoms with Gasteiger partial charge in [-0.3, -0.25) is 0 Å². The van der Waals surface area contributed by atoms with Gasteiger partial charge in [0.25, 0.3) is 0 Å². The average Bonchev–Trinajstić information content (AvgIpc) is 4.37. The van der Waals surface area contributed by atoms with E-state index in [9.17, 15) is 0 Å². The lowest BCUT2D eigenvalue weighted by atomic mass is 9.65. The first-order valence-electron chi connectivity index (χ1n) is 25.9. The van der Waals surface area contributed by atoms with E-state index >= 15 is 0 Å². The third kappa shape index (κ3) is 4.82. The normalized spacial score (nSPS) is 15.5. The van der Waals surface area contributed by atoms with Gasteiger partial charge in [-0.15, -0.1) is 0 Å². The molecule has 1 aliphatic heterocycles. The molecule has 2 nitrogen and oxygen atoms in total. The maximum absolute atomic E-state index is 2.60. The molecule has 342 valence electrons. The van der Waals surface area contributed by atoms with Gasteiger partial charge in [0.2, 0.25) is 0 Å². The minimum Gasteiger partial charge on any atom is -0.309 e. The van der Waals surface area contributed by atoms with Gasteiger partial charge in [-0.25, -0.2) is 0 Å². The Labute approximate surface area is 429 Å². The van der Waals surface area contributed by atoms with E-state index in [0.717, 1.165) is 17.1 Å². The molecular weight excluding hydrogens is 893 g/mol. The van der Waals surface area contributed by atoms with Crippen molar-refractivity contribution < 1.29 is 0 Å². The highest BCUT2D eigenvalue weighted by Gasteiger charge is 2.54. The van der Waals surface area contributed by atoms with Crippen LogP contribution in [-0.4, -0.2) is 4.57 Å². The number of hydrogen-bond acceptors (Lipinski definition) is 1. The lowest BCUT2D eigenvalue weighted by Gasteiger charge is -2.39. The number of anilines is 3. The third-order valence-electron chi connectivity index (χ3n) is 17.4. The van der Waals surface area contributed by atoms with Crippen molar-refractivity contribution in [1.82, 2.24) is 4.57 Å². The van der Waals surface area contributed by atoms with Crippen LogP contribution >= 0.6 is 0 Å². The van der Waals surface area contributed by atoms with Crippen molar-refractivity contribution in [1.29, 1.82) is 0 Å². The van der Waals surface area contributed by atoms with Gasteiger partial charge in [-0.2, -0.15) is 0 Å². The number of hydrogen-bond donors (Lipinski definition) is 0. The summed E-state index contributed by atoms with van der Waals surface area (Å²) in [6, 6.07) is 101. The third-order valence-corrected chi connectivity index (χ3v) is 17.4. The van der Waals surface area contributed by atoms with Gasteiger partial charge < -0.3 is 9.47 Å². The second kappa shape index (κ2) is 14.6. The number of nitrogens with zero attached hydrogens (tertiary/aromatic N) is 2. The maximum atomic E-state index is 2.60. The maximum Gasteiger partial charge on any atom is 0.0755 e. The van der Waals surface area contributed by atoms with Gasteiger partial charge in [0.15, 0.2) is 0 Å². The van der Waals surface area contributed by atoms with Crippen LogP contribution in [-0.2, 0) is 10.8 Å². The summed E-state index contributed by atoms with van der Waals surface area (Å²) in [5.41, 5.74) is 26.6. The molecule has 17 rings (SSSR count). The molecule has 2 spiro atoms. The molecule has 0 N–H and O–H groups in total. The molecule has 0 fully saturated rings. The van der Waals surface area contributed by atoms with Crippen molar-refractivity contribution >= 4 is 49.6 Å². The van der Waals surface area contributed by atoms with Crippen LogP contribution in [0.5, 0.6) is 0 Å². The highest BCUT2D eigenvalue weighted by molar-refractivity contribution is 6.14. The van der Waals surface area contributed by atoms with E-state index in [1.165, 1.54) is 127 Å². The first-order valence-corrected chi connectivity index (χ1v) is 25.9. The molecule has 13 aromatic rings. The molecule has 0 amide bonds. The second-order valence-corrected chi connectivity index (χ2v) is 20.6. The fraction of sp³-hybridized carbons (Fsp3) is 0.0278. The lowest BCUT2D eigenvalue weighted by Crippen LogP contribution is -2.33. The van der Waals surface area contributed by atoms with Gasteiger partial charge in [-0.1, -0.05) is 231 Å². The van der Waals surface area contributed by atoms with E-state index in [0.29, 0.717) is 0 Å². The molecule has 74 heavy (non-hydrogen) atoms. The van der Waals surface area contributed by atoms with Crippen LogP contribution in [0.4, 0.5) is 17.1 Å². The van der Waals surface area contributed by atoms with Crippen molar-refractivity contribution in [3.8, 4) is 50.2 Å². The molecule has 0 bridgehead atoms. The van der Waals surface area contributed by atoms with Crippen LogP contribution in [0, 0.1) is 0 Å². The van der Waals surface area contributed by atoms with Gasteiger partial charge in [-0.05, 0) is 125 Å². The zero-order chi connectivity index (χ0) is 48.3. The summed E-state index contributed by atoms with van der Waals surface area (Å²) in [5.74, 6) is 0. The van der Waals surface area contributed by atoms with E-state index < -0.39 is 10.8 Å². The van der Waals surface area contributed by atoms with Gasteiger partial charge in [0, 0.05) is 27.6 Å². The second-order valence-electron chi connectivity index (χ2n) is 20.6. The Morgan fingerprint density at radius 3 is 1.65 bits per heavy atom. The van der Waals surface area contributed by atoms with E-state index in [4.69, 9.17) is 0 Å². The first kappa shape index (κ1) is 40.1. The Hall–Kier alpha value is -9.50. The average molecular weight is 937 g/mol. The Kier molecular flexibility index (Phi) is 7.90. The molecule has 4 aliphatic rings. The predicted octanol–water partition coefficient (Wildman–Crippen LogP) is 18.1. The van der Waals surface area contributed by atoms with Crippen LogP contribution < -0.4 is 4.90 Å². The summed E-state index contributed by atoms with van der Waals surface area (Å²) in [4.78, 5) is 2.60. The topological polar surface area (TPSA) is 8.17 Å². The van der Waals surface area contributed by atoms with Gasteiger partial charge in [0.05, 0.1) is 38.9 Å². The smallest absolute Gasteiger partial charge is 0.0755 e. The van der Waals surface area contributed by atoms with Crippen LogP contribution in [0.2, 0.25) is 0 Å². The fourth-order valence-electron chi connectivity index (χ4n) is 14.8. The molecule has 0 saturated carbocycles. The zero-order valence-corrected chi connectivity index (χ0v) is 40.3. The number of benzene rings is 12. The van der Waals surface area contributed by atoms with E-state index in [1.807, 2.05) is 0 Å². The highest BCUT2D eigenvalue weighted by Crippen LogP contribution is 2.66. The highest BCUT2D eigenvalue weighted by atomic mass is 15.1. The Morgan fingerprint density at radius 1 is 0.297 bits per heavy atom. The fourth-order valence-corrected chi connectivity index (χ4v) is 14.8. The van der Waals surface area contributed by atoms with E-state index in [1.54, 1.807) is 0 Å².